The maximum atomic E-state index is 13.3. The molecule has 0 saturated carbocycles. The molecule has 0 radical (unpaired) electrons. The van der Waals surface area contributed by atoms with E-state index in [4.69, 9.17) is 10.00 Å². The molecule has 16 heteroatoms. The van der Waals surface area contributed by atoms with Gasteiger partial charge in [-0.3, -0.25) is 29.2 Å². The lowest BCUT2D eigenvalue weighted by molar-refractivity contribution is -0.138. The molecule has 1 aromatic carbocycles. The third kappa shape index (κ3) is 7.07. The predicted octanol–water partition coefficient (Wildman–Crippen LogP) is 2.57. The minimum absolute atomic E-state index is 0.0119. The van der Waals surface area contributed by atoms with Crippen LogP contribution in [0.15, 0.2) is 42.9 Å². The van der Waals surface area contributed by atoms with Crippen LogP contribution in [0.2, 0.25) is 0 Å². The van der Waals surface area contributed by atoms with Crippen LogP contribution in [0, 0.1) is 29.1 Å². The molecule has 5 rings (SSSR count). The summed E-state index contributed by atoms with van der Waals surface area (Å²) in [4.78, 5) is 54.8. The monoisotopic (exact) mass is 662 g/mol. The molecule has 48 heavy (non-hydrogen) atoms. The van der Waals surface area contributed by atoms with E-state index in [9.17, 15) is 32.3 Å². The highest BCUT2D eigenvalue weighted by atomic mass is 19.4. The summed E-state index contributed by atoms with van der Waals surface area (Å²) in [6, 6.07) is 6.33. The van der Waals surface area contributed by atoms with Gasteiger partial charge in [0, 0.05) is 37.5 Å². The van der Waals surface area contributed by atoms with Gasteiger partial charge in [0.25, 0.3) is 11.8 Å². The lowest BCUT2D eigenvalue weighted by Crippen LogP contribution is -2.52. The number of benzene rings is 1. The number of amides is 4. The van der Waals surface area contributed by atoms with Gasteiger partial charge in [0.1, 0.15) is 23.4 Å². The standard InChI is InChI=1S/C32H29F3N8O5/c1-31(2,30(47)39-20-10-23(32(33,34)35)25(12-36)37-14-20)43-17-18(13-38-43)4-5-19-15-42(16-19)21-6-7-22(26(11-21)48-3)28(45)40-24-8-9-27(44)41-29(24)46/h6-7,10-11,13-14,17,19,24H,8-9,15-16H2,1-3H3,(H,39,47)(H,40,45)(H,41,44,46). The number of alkyl halides is 3. The molecule has 2 saturated heterocycles. The fourth-order valence-corrected chi connectivity index (χ4v) is 5.02. The topological polar surface area (TPSA) is 171 Å². The second-order valence-corrected chi connectivity index (χ2v) is 11.6. The molecule has 13 nitrogen and oxygen atoms in total. The predicted molar refractivity (Wildman–Crippen MR) is 163 cm³/mol. The molecule has 0 aliphatic carbocycles. The van der Waals surface area contributed by atoms with E-state index in [1.807, 2.05) is 4.90 Å². The van der Waals surface area contributed by atoms with Crippen LogP contribution in [-0.4, -0.2) is 64.6 Å². The van der Waals surface area contributed by atoms with Crippen LogP contribution in [0.4, 0.5) is 24.5 Å². The lowest BCUT2D eigenvalue weighted by atomic mass is 9.99. The van der Waals surface area contributed by atoms with E-state index in [1.165, 1.54) is 37.9 Å². The fraction of sp³-hybridized carbons (Fsp3) is 0.344. The Hall–Kier alpha value is -5.90. The van der Waals surface area contributed by atoms with Crippen molar-refractivity contribution in [3.63, 3.8) is 0 Å². The Labute approximate surface area is 272 Å². The number of anilines is 2. The molecule has 3 aromatic rings. The highest BCUT2D eigenvalue weighted by Gasteiger charge is 2.36. The molecule has 0 bridgehead atoms. The molecule has 248 valence electrons. The SMILES string of the molecule is COc1cc(N2CC(C#Cc3cnn(C(C)(C)C(=O)Nc4cnc(C#N)c(C(F)(F)F)c4)c3)C2)ccc1C(=O)NC1CCC(=O)NC1=O. The van der Waals surface area contributed by atoms with Gasteiger partial charge in [-0.05, 0) is 38.5 Å². The summed E-state index contributed by atoms with van der Waals surface area (Å²) in [5, 5.41) is 20.4. The van der Waals surface area contributed by atoms with Crippen LogP contribution in [0.5, 0.6) is 5.75 Å². The van der Waals surface area contributed by atoms with Gasteiger partial charge in [-0.25, -0.2) is 4.98 Å². The minimum atomic E-state index is -4.82. The van der Waals surface area contributed by atoms with Crippen molar-refractivity contribution in [2.45, 2.75) is 44.4 Å². The van der Waals surface area contributed by atoms with Gasteiger partial charge in [0.15, 0.2) is 5.69 Å². The van der Waals surface area contributed by atoms with Crippen LogP contribution in [0.25, 0.3) is 0 Å². The van der Waals surface area contributed by atoms with Crippen LogP contribution >= 0.6 is 0 Å². The van der Waals surface area contributed by atoms with E-state index >= 15 is 0 Å². The third-order valence-corrected chi connectivity index (χ3v) is 7.91. The Morgan fingerprint density at radius 2 is 1.90 bits per heavy atom. The van der Waals surface area contributed by atoms with Crippen LogP contribution in [0.1, 0.15) is 53.9 Å². The van der Waals surface area contributed by atoms with Crippen molar-refractivity contribution in [2.75, 3.05) is 30.4 Å². The molecule has 1 unspecified atom stereocenters. The summed E-state index contributed by atoms with van der Waals surface area (Å²) in [6.07, 6.45) is -0.446. The molecule has 2 aliphatic heterocycles. The Morgan fingerprint density at radius 1 is 1.15 bits per heavy atom. The molecule has 0 spiro atoms. The molecule has 2 aliphatic rings. The first-order valence-electron chi connectivity index (χ1n) is 14.6. The number of carbonyl (C=O) groups excluding carboxylic acids is 4. The third-order valence-electron chi connectivity index (χ3n) is 7.91. The maximum absolute atomic E-state index is 13.3. The summed E-state index contributed by atoms with van der Waals surface area (Å²) < 4.78 is 46.7. The number of ether oxygens (including phenoxy) is 1. The van der Waals surface area contributed by atoms with E-state index in [0.717, 1.165) is 11.9 Å². The van der Waals surface area contributed by atoms with E-state index < -0.39 is 46.7 Å². The van der Waals surface area contributed by atoms with E-state index in [0.29, 0.717) is 30.5 Å². The number of halogens is 3. The molecule has 3 N–H and O–H groups in total. The molecular formula is C32H29F3N8O5. The van der Waals surface area contributed by atoms with E-state index in [1.54, 1.807) is 24.4 Å². The number of hydrogen-bond donors (Lipinski definition) is 3. The average Bonchev–Trinajstić information content (AvgIpc) is 3.51. The summed E-state index contributed by atoms with van der Waals surface area (Å²) in [5.74, 6) is 4.46. The van der Waals surface area contributed by atoms with Crippen molar-refractivity contribution in [1.29, 1.82) is 5.26 Å². The maximum Gasteiger partial charge on any atom is 0.419 e. The van der Waals surface area contributed by atoms with Gasteiger partial charge < -0.3 is 20.3 Å². The van der Waals surface area contributed by atoms with Gasteiger partial charge in [-0.1, -0.05) is 11.8 Å². The van der Waals surface area contributed by atoms with Crippen molar-refractivity contribution in [1.82, 2.24) is 25.4 Å². The van der Waals surface area contributed by atoms with E-state index in [-0.39, 0.29) is 35.9 Å². The number of carbonyl (C=O) groups is 4. The summed E-state index contributed by atoms with van der Waals surface area (Å²) in [5.41, 5.74) is -2.00. The number of hydrogen-bond acceptors (Lipinski definition) is 9. The number of aromatic nitrogens is 3. The summed E-state index contributed by atoms with van der Waals surface area (Å²) in [7, 11) is 1.44. The first-order valence-corrected chi connectivity index (χ1v) is 14.6. The van der Waals surface area contributed by atoms with Crippen LogP contribution in [-0.2, 0) is 26.1 Å². The second-order valence-electron chi connectivity index (χ2n) is 11.6. The number of nitriles is 1. The number of nitrogens with one attached hydrogen (secondary N) is 3. The first kappa shape index (κ1) is 33.5. The van der Waals surface area contributed by atoms with Crippen LogP contribution in [0.3, 0.4) is 0 Å². The minimum Gasteiger partial charge on any atom is -0.496 e. The van der Waals surface area contributed by atoms with Crippen LogP contribution < -0.4 is 25.6 Å². The molecule has 1 atom stereocenters. The van der Waals surface area contributed by atoms with Gasteiger partial charge in [-0.15, -0.1) is 0 Å². The molecule has 4 amide bonds. The highest BCUT2D eigenvalue weighted by molar-refractivity contribution is 6.04. The van der Waals surface area contributed by atoms with Gasteiger partial charge >= 0.3 is 6.18 Å². The van der Waals surface area contributed by atoms with Crippen molar-refractivity contribution in [2.24, 2.45) is 5.92 Å². The molecule has 4 heterocycles. The quantitative estimate of drug-likeness (QED) is 0.254. The Kier molecular flexibility index (Phi) is 9.11. The highest BCUT2D eigenvalue weighted by Crippen LogP contribution is 2.33. The zero-order chi connectivity index (χ0) is 34.8. The van der Waals surface area contributed by atoms with Crippen molar-refractivity contribution >= 4 is 35.0 Å². The average molecular weight is 663 g/mol. The Balaban J connectivity index is 1.18. The van der Waals surface area contributed by atoms with Gasteiger partial charge in [-0.2, -0.15) is 23.5 Å². The van der Waals surface area contributed by atoms with Gasteiger partial charge in [0.05, 0.1) is 47.8 Å². The van der Waals surface area contributed by atoms with Gasteiger partial charge in [0.2, 0.25) is 11.8 Å². The fourth-order valence-electron chi connectivity index (χ4n) is 5.02. The van der Waals surface area contributed by atoms with Crippen molar-refractivity contribution < 1.29 is 37.1 Å². The molecular weight excluding hydrogens is 633 g/mol. The summed E-state index contributed by atoms with van der Waals surface area (Å²) in [6.45, 7) is 4.27. The number of nitrogens with zero attached hydrogens (tertiary/aromatic N) is 5. The zero-order valence-corrected chi connectivity index (χ0v) is 25.9. The number of rotatable bonds is 7. The number of imide groups is 1. The van der Waals surface area contributed by atoms with E-state index in [2.05, 4.69) is 37.9 Å². The number of pyridine rings is 1. The molecule has 2 fully saturated rings. The number of methoxy groups -OCH3 is 1. The number of piperidine rings is 1. The largest absolute Gasteiger partial charge is 0.496 e. The zero-order valence-electron chi connectivity index (χ0n) is 25.9. The smallest absolute Gasteiger partial charge is 0.419 e. The second kappa shape index (κ2) is 13.1. The Bertz CT molecular complexity index is 1900. The summed E-state index contributed by atoms with van der Waals surface area (Å²) >= 11 is 0. The normalized spacial score (nSPS) is 16.5. The van der Waals surface area contributed by atoms with Crippen molar-refractivity contribution in [3.05, 3.63) is 65.2 Å². The van der Waals surface area contributed by atoms with Crippen molar-refractivity contribution in [3.8, 4) is 23.7 Å². The Morgan fingerprint density at radius 3 is 2.56 bits per heavy atom. The first-order chi connectivity index (χ1) is 22.7. The molecule has 2 aromatic heterocycles. The lowest BCUT2D eigenvalue weighted by Gasteiger charge is -2.38.